The van der Waals surface area contributed by atoms with E-state index in [0.717, 1.165) is 16.9 Å². The Hall–Kier alpha value is -2.35. The molecule has 3 rings (SSSR count). The van der Waals surface area contributed by atoms with Gasteiger partial charge in [-0.1, -0.05) is 24.3 Å². The molecule has 0 aliphatic rings. The fourth-order valence-corrected chi connectivity index (χ4v) is 2.27. The first kappa shape index (κ1) is 19.0. The average Bonchev–Trinajstić information content (AvgIpc) is 3.06. The van der Waals surface area contributed by atoms with Crippen LogP contribution in [0.1, 0.15) is 16.8 Å². The quantitative estimate of drug-likeness (QED) is 0.350. The van der Waals surface area contributed by atoms with Gasteiger partial charge in [-0.3, -0.25) is 0 Å². The number of anilines is 1. The standard InChI is InChI=1S/C19H20N4O.HI/c1-13-8-9-16(10-14(13)2)23-19(20)21-11-17-12-24-18(22-17)15-6-4-3-5-7-15;/h3-10,12H,11H2,1-2H3,(H3,20,21,23);1H. The topological polar surface area (TPSA) is 76.4 Å². The minimum Gasteiger partial charge on any atom is -0.444 e. The first-order chi connectivity index (χ1) is 11.6. The van der Waals surface area contributed by atoms with Crippen molar-refractivity contribution in [3.63, 3.8) is 0 Å². The van der Waals surface area contributed by atoms with Crippen LogP contribution >= 0.6 is 24.0 Å². The van der Waals surface area contributed by atoms with Crippen molar-refractivity contribution in [1.82, 2.24) is 4.98 Å². The van der Waals surface area contributed by atoms with Gasteiger partial charge < -0.3 is 15.5 Å². The van der Waals surface area contributed by atoms with Gasteiger partial charge in [0.25, 0.3) is 0 Å². The van der Waals surface area contributed by atoms with Crippen molar-refractivity contribution in [2.24, 2.45) is 10.7 Å². The Kier molecular flexibility index (Phi) is 6.58. The molecular weight excluding hydrogens is 427 g/mol. The molecule has 0 saturated heterocycles. The van der Waals surface area contributed by atoms with Crippen LogP contribution in [-0.4, -0.2) is 10.9 Å². The highest BCUT2D eigenvalue weighted by Gasteiger charge is 2.06. The lowest BCUT2D eigenvalue weighted by molar-refractivity contribution is 0.572. The van der Waals surface area contributed by atoms with Crippen molar-refractivity contribution >= 4 is 35.6 Å². The highest BCUT2D eigenvalue weighted by atomic mass is 127. The maximum atomic E-state index is 5.94. The lowest BCUT2D eigenvalue weighted by atomic mass is 10.1. The lowest BCUT2D eigenvalue weighted by Gasteiger charge is -2.07. The molecule has 0 radical (unpaired) electrons. The smallest absolute Gasteiger partial charge is 0.226 e. The number of hydrogen-bond acceptors (Lipinski definition) is 3. The number of guanidine groups is 1. The van der Waals surface area contributed by atoms with E-state index in [4.69, 9.17) is 10.2 Å². The third kappa shape index (κ3) is 5.06. The maximum absolute atomic E-state index is 5.94. The van der Waals surface area contributed by atoms with Gasteiger partial charge in [0.2, 0.25) is 5.89 Å². The summed E-state index contributed by atoms with van der Waals surface area (Å²) in [6, 6.07) is 15.8. The summed E-state index contributed by atoms with van der Waals surface area (Å²) >= 11 is 0. The van der Waals surface area contributed by atoms with Crippen LogP contribution in [0.25, 0.3) is 11.5 Å². The van der Waals surface area contributed by atoms with Crippen molar-refractivity contribution in [1.29, 1.82) is 0 Å². The minimum atomic E-state index is 0. The molecule has 130 valence electrons. The number of nitrogens with two attached hydrogens (primary N) is 1. The third-order valence-corrected chi connectivity index (χ3v) is 3.76. The number of rotatable bonds is 4. The highest BCUT2D eigenvalue weighted by molar-refractivity contribution is 14.0. The van der Waals surface area contributed by atoms with Crippen LogP contribution in [0.5, 0.6) is 0 Å². The number of hydrogen-bond donors (Lipinski definition) is 2. The molecule has 0 spiro atoms. The number of benzene rings is 2. The average molecular weight is 448 g/mol. The lowest BCUT2D eigenvalue weighted by Crippen LogP contribution is -2.22. The Morgan fingerprint density at radius 3 is 2.60 bits per heavy atom. The van der Waals surface area contributed by atoms with Gasteiger partial charge in [-0.2, -0.15) is 0 Å². The molecule has 0 amide bonds. The Labute approximate surface area is 164 Å². The molecule has 5 nitrogen and oxygen atoms in total. The van der Waals surface area contributed by atoms with Crippen molar-refractivity contribution in [2.45, 2.75) is 20.4 Å². The normalized spacial score (nSPS) is 11.0. The van der Waals surface area contributed by atoms with E-state index >= 15 is 0 Å². The van der Waals surface area contributed by atoms with Crippen molar-refractivity contribution < 1.29 is 4.42 Å². The molecule has 0 fully saturated rings. The molecule has 0 aliphatic heterocycles. The van der Waals surface area contributed by atoms with E-state index in [1.807, 2.05) is 42.5 Å². The Morgan fingerprint density at radius 2 is 1.88 bits per heavy atom. The van der Waals surface area contributed by atoms with Crippen LogP contribution in [0.15, 0.2) is 64.2 Å². The number of oxazole rings is 1. The summed E-state index contributed by atoms with van der Waals surface area (Å²) in [5, 5.41) is 3.09. The number of nitrogens with one attached hydrogen (secondary N) is 1. The second-order valence-electron chi connectivity index (χ2n) is 5.64. The van der Waals surface area contributed by atoms with E-state index in [9.17, 15) is 0 Å². The number of halogens is 1. The van der Waals surface area contributed by atoms with Crippen molar-refractivity contribution in [3.8, 4) is 11.5 Å². The zero-order valence-corrected chi connectivity index (χ0v) is 16.5. The second-order valence-corrected chi connectivity index (χ2v) is 5.64. The SMILES string of the molecule is Cc1ccc(NC(N)=NCc2coc(-c3ccccc3)n2)cc1C.I. The zero-order valence-electron chi connectivity index (χ0n) is 14.2. The number of nitrogens with zero attached hydrogens (tertiary/aromatic N) is 2. The summed E-state index contributed by atoms with van der Waals surface area (Å²) < 4.78 is 5.49. The van der Waals surface area contributed by atoms with Crippen molar-refractivity contribution in [3.05, 3.63) is 71.6 Å². The van der Waals surface area contributed by atoms with Gasteiger partial charge in [0, 0.05) is 11.3 Å². The van der Waals surface area contributed by atoms with Crippen LogP contribution in [0, 0.1) is 13.8 Å². The van der Waals surface area contributed by atoms with Gasteiger partial charge in [0.05, 0.1) is 6.54 Å². The van der Waals surface area contributed by atoms with Crippen molar-refractivity contribution in [2.75, 3.05) is 5.32 Å². The predicted molar refractivity (Wildman–Crippen MR) is 112 cm³/mol. The summed E-state index contributed by atoms with van der Waals surface area (Å²) in [4.78, 5) is 8.74. The molecule has 0 atom stereocenters. The summed E-state index contributed by atoms with van der Waals surface area (Å²) in [6.45, 7) is 4.50. The van der Waals surface area contributed by atoms with Gasteiger partial charge in [-0.05, 0) is 49.2 Å². The summed E-state index contributed by atoms with van der Waals surface area (Å²) in [5.41, 5.74) is 11.0. The van der Waals surface area contributed by atoms with Gasteiger partial charge in [0.1, 0.15) is 12.0 Å². The Bertz CT molecular complexity index is 859. The molecule has 2 aromatic carbocycles. The van der Waals surface area contributed by atoms with Crippen LogP contribution in [-0.2, 0) is 6.54 Å². The van der Waals surface area contributed by atoms with E-state index < -0.39 is 0 Å². The van der Waals surface area contributed by atoms with Gasteiger partial charge in [-0.15, -0.1) is 24.0 Å². The summed E-state index contributed by atoms with van der Waals surface area (Å²) in [5.74, 6) is 0.934. The highest BCUT2D eigenvalue weighted by Crippen LogP contribution is 2.18. The largest absolute Gasteiger partial charge is 0.444 e. The monoisotopic (exact) mass is 448 g/mol. The third-order valence-electron chi connectivity index (χ3n) is 3.76. The molecule has 1 aromatic heterocycles. The molecule has 0 saturated carbocycles. The maximum Gasteiger partial charge on any atom is 0.226 e. The summed E-state index contributed by atoms with van der Waals surface area (Å²) in [7, 11) is 0. The fraction of sp³-hybridized carbons (Fsp3) is 0.158. The Morgan fingerprint density at radius 1 is 1.12 bits per heavy atom. The van der Waals surface area contributed by atoms with Crippen LogP contribution in [0.4, 0.5) is 5.69 Å². The number of aryl methyl sites for hydroxylation is 2. The van der Waals surface area contributed by atoms with Gasteiger partial charge in [-0.25, -0.2) is 9.98 Å². The fourth-order valence-electron chi connectivity index (χ4n) is 2.27. The number of aromatic nitrogens is 1. The molecule has 0 bridgehead atoms. The predicted octanol–water partition coefficient (Wildman–Crippen LogP) is 4.50. The Balaban J connectivity index is 0.00000225. The van der Waals surface area contributed by atoms with Gasteiger partial charge >= 0.3 is 0 Å². The van der Waals surface area contributed by atoms with E-state index in [2.05, 4.69) is 35.2 Å². The minimum absolute atomic E-state index is 0. The molecule has 0 aliphatic carbocycles. The molecule has 6 heteroatoms. The van der Waals surface area contributed by atoms with Crippen LogP contribution in [0.3, 0.4) is 0 Å². The van der Waals surface area contributed by atoms with E-state index in [1.165, 1.54) is 11.1 Å². The second kappa shape index (κ2) is 8.66. The van der Waals surface area contributed by atoms with E-state index in [0.29, 0.717) is 18.4 Å². The van der Waals surface area contributed by atoms with E-state index in [1.54, 1.807) is 6.26 Å². The first-order valence-corrected chi connectivity index (χ1v) is 7.76. The molecule has 3 N–H and O–H groups in total. The molecular formula is C19H21IN4O. The van der Waals surface area contributed by atoms with Crippen LogP contribution in [0.2, 0.25) is 0 Å². The molecule has 3 aromatic rings. The number of aliphatic imine (C=N–C) groups is 1. The molecule has 25 heavy (non-hydrogen) atoms. The van der Waals surface area contributed by atoms with Gasteiger partial charge in [0.15, 0.2) is 5.96 Å². The summed E-state index contributed by atoms with van der Waals surface area (Å²) in [6.07, 6.45) is 1.61. The van der Waals surface area contributed by atoms with E-state index in [-0.39, 0.29) is 24.0 Å². The van der Waals surface area contributed by atoms with Crippen LogP contribution < -0.4 is 11.1 Å². The zero-order chi connectivity index (χ0) is 16.9. The first-order valence-electron chi connectivity index (χ1n) is 7.76. The molecule has 0 unspecified atom stereocenters. The molecule has 1 heterocycles.